The zero-order valence-corrected chi connectivity index (χ0v) is 13.5. The maximum absolute atomic E-state index is 5.96. The molecule has 22 heavy (non-hydrogen) atoms. The van der Waals surface area contributed by atoms with E-state index >= 15 is 0 Å². The Morgan fingerprint density at radius 2 is 2.09 bits per heavy atom. The second kappa shape index (κ2) is 8.06. The summed E-state index contributed by atoms with van der Waals surface area (Å²) in [6.07, 6.45) is 3.62. The number of ether oxygens (including phenoxy) is 3. The summed E-state index contributed by atoms with van der Waals surface area (Å²) in [7, 11) is 0. The van der Waals surface area contributed by atoms with Gasteiger partial charge < -0.3 is 14.2 Å². The van der Waals surface area contributed by atoms with Crippen LogP contribution in [0.4, 0.5) is 0 Å². The van der Waals surface area contributed by atoms with Crippen molar-refractivity contribution in [2.75, 3.05) is 39.5 Å². The van der Waals surface area contributed by atoms with Crippen LogP contribution in [0, 0.1) is 6.92 Å². The first-order chi connectivity index (χ1) is 10.8. The van der Waals surface area contributed by atoms with Crippen LogP contribution in [0.25, 0.3) is 0 Å². The van der Waals surface area contributed by atoms with Crippen LogP contribution in [0.1, 0.15) is 36.5 Å². The van der Waals surface area contributed by atoms with Gasteiger partial charge in [0.1, 0.15) is 0 Å². The number of aryl methyl sites for hydroxylation is 1. The van der Waals surface area contributed by atoms with E-state index < -0.39 is 0 Å². The smallest absolute Gasteiger partial charge is 0.157 e. The van der Waals surface area contributed by atoms with Crippen molar-refractivity contribution >= 4 is 0 Å². The molecule has 3 rings (SSSR count). The van der Waals surface area contributed by atoms with E-state index in [4.69, 9.17) is 14.2 Å². The average molecular weight is 305 g/mol. The molecule has 0 unspecified atom stereocenters. The summed E-state index contributed by atoms with van der Waals surface area (Å²) in [4.78, 5) is 2.43. The van der Waals surface area contributed by atoms with Gasteiger partial charge >= 0.3 is 0 Å². The van der Waals surface area contributed by atoms with Crippen molar-refractivity contribution in [3.63, 3.8) is 0 Å². The molecule has 1 aromatic rings. The van der Waals surface area contributed by atoms with Gasteiger partial charge in [-0.2, -0.15) is 0 Å². The number of hydrogen-bond donors (Lipinski definition) is 0. The third-order valence-corrected chi connectivity index (χ3v) is 4.54. The Labute approximate surface area is 133 Å². The van der Waals surface area contributed by atoms with Crippen LogP contribution in [-0.4, -0.2) is 50.6 Å². The molecule has 1 aromatic carbocycles. The third kappa shape index (κ3) is 4.29. The summed E-state index contributed by atoms with van der Waals surface area (Å²) in [5.41, 5.74) is 2.62. The van der Waals surface area contributed by atoms with Crippen molar-refractivity contribution in [1.29, 1.82) is 0 Å². The maximum Gasteiger partial charge on any atom is 0.157 e. The molecular weight excluding hydrogens is 278 g/mol. The Kier molecular flexibility index (Phi) is 5.84. The summed E-state index contributed by atoms with van der Waals surface area (Å²) in [6.45, 7) is 7.41. The van der Waals surface area contributed by atoms with E-state index in [0.717, 1.165) is 45.9 Å². The topological polar surface area (TPSA) is 30.9 Å². The molecule has 0 bridgehead atoms. The highest BCUT2D eigenvalue weighted by atomic mass is 16.7. The normalized spacial score (nSPS) is 27.0. The van der Waals surface area contributed by atoms with Crippen LogP contribution >= 0.6 is 0 Å². The maximum atomic E-state index is 5.96. The van der Waals surface area contributed by atoms with Gasteiger partial charge in [0, 0.05) is 26.2 Å². The molecule has 4 nitrogen and oxygen atoms in total. The Balaban J connectivity index is 1.45. The summed E-state index contributed by atoms with van der Waals surface area (Å²) >= 11 is 0. The average Bonchev–Trinajstić information content (AvgIpc) is 2.57. The molecule has 2 heterocycles. The second-order valence-corrected chi connectivity index (χ2v) is 6.18. The molecule has 2 atom stereocenters. The lowest BCUT2D eigenvalue weighted by molar-refractivity contribution is -0.166. The lowest BCUT2D eigenvalue weighted by atomic mass is 10.0. The summed E-state index contributed by atoms with van der Waals surface area (Å²) in [6, 6.07) is 8.50. The molecule has 0 saturated carbocycles. The highest BCUT2D eigenvalue weighted by Gasteiger charge is 2.23. The predicted octanol–water partition coefficient (Wildman–Crippen LogP) is 2.91. The minimum atomic E-state index is 0.0157. The van der Waals surface area contributed by atoms with Gasteiger partial charge in [-0.3, -0.25) is 4.90 Å². The fourth-order valence-corrected chi connectivity index (χ4v) is 3.20. The third-order valence-electron chi connectivity index (χ3n) is 4.54. The minimum absolute atomic E-state index is 0.0157. The van der Waals surface area contributed by atoms with Crippen molar-refractivity contribution in [2.24, 2.45) is 0 Å². The largest absolute Gasteiger partial charge is 0.371 e. The van der Waals surface area contributed by atoms with Crippen LogP contribution < -0.4 is 0 Å². The first-order valence-corrected chi connectivity index (χ1v) is 8.45. The van der Waals surface area contributed by atoms with Gasteiger partial charge in [-0.05, 0) is 37.3 Å². The molecule has 0 radical (unpaired) electrons. The minimum Gasteiger partial charge on any atom is -0.371 e. The molecule has 2 aliphatic heterocycles. The van der Waals surface area contributed by atoms with Gasteiger partial charge in [0.25, 0.3) is 0 Å². The van der Waals surface area contributed by atoms with Crippen LogP contribution in [0.15, 0.2) is 24.3 Å². The fraction of sp³-hybridized carbons (Fsp3) is 0.667. The molecule has 122 valence electrons. The van der Waals surface area contributed by atoms with Crippen molar-refractivity contribution in [2.45, 2.75) is 38.6 Å². The van der Waals surface area contributed by atoms with E-state index in [0.29, 0.717) is 0 Å². The Morgan fingerprint density at radius 3 is 2.91 bits per heavy atom. The number of hydrogen-bond acceptors (Lipinski definition) is 4. The Morgan fingerprint density at radius 1 is 1.18 bits per heavy atom. The van der Waals surface area contributed by atoms with Gasteiger partial charge in [-0.15, -0.1) is 0 Å². The van der Waals surface area contributed by atoms with Crippen molar-refractivity contribution in [1.82, 2.24) is 4.90 Å². The van der Waals surface area contributed by atoms with Crippen LogP contribution in [0.3, 0.4) is 0 Å². The molecule has 2 saturated heterocycles. The van der Waals surface area contributed by atoms with Crippen LogP contribution in [0.5, 0.6) is 0 Å². The van der Waals surface area contributed by atoms with Gasteiger partial charge in [-0.25, -0.2) is 0 Å². The highest BCUT2D eigenvalue weighted by Crippen LogP contribution is 2.24. The molecule has 0 N–H and O–H groups in total. The standard InChI is InChI=1S/C18H27NO3/c1-15-6-2-3-7-16(15)17-14-19(9-12-20-17)10-13-22-18-8-4-5-11-21-18/h2-3,6-7,17-18H,4-5,8-14H2,1H3/t17-,18+/m0/s1. The van der Waals surface area contributed by atoms with Gasteiger partial charge in [0.05, 0.1) is 19.3 Å². The van der Waals surface area contributed by atoms with E-state index in [1.54, 1.807) is 0 Å². The molecule has 2 fully saturated rings. The van der Waals surface area contributed by atoms with Crippen LogP contribution in [0.2, 0.25) is 0 Å². The zero-order valence-electron chi connectivity index (χ0n) is 13.5. The SMILES string of the molecule is Cc1ccccc1[C@@H]1CN(CCO[C@@H]2CCCCO2)CCO1. The van der Waals surface area contributed by atoms with Crippen LogP contribution in [-0.2, 0) is 14.2 Å². The quantitative estimate of drug-likeness (QED) is 0.837. The lowest BCUT2D eigenvalue weighted by Gasteiger charge is -2.34. The molecule has 0 amide bonds. The van der Waals surface area contributed by atoms with Crippen molar-refractivity contribution in [3.05, 3.63) is 35.4 Å². The van der Waals surface area contributed by atoms with E-state index in [1.807, 2.05) is 0 Å². The first kappa shape index (κ1) is 15.9. The Hall–Kier alpha value is -0.940. The van der Waals surface area contributed by atoms with E-state index in [1.165, 1.54) is 24.0 Å². The summed E-state index contributed by atoms with van der Waals surface area (Å²) < 4.78 is 17.4. The van der Waals surface area contributed by atoms with E-state index in [2.05, 4.69) is 36.1 Å². The summed E-state index contributed by atoms with van der Waals surface area (Å²) in [5.74, 6) is 0. The first-order valence-electron chi connectivity index (χ1n) is 8.45. The summed E-state index contributed by atoms with van der Waals surface area (Å²) in [5, 5.41) is 0. The number of morpholine rings is 1. The Bertz CT molecular complexity index is 459. The molecule has 0 aromatic heterocycles. The number of rotatable bonds is 5. The zero-order chi connectivity index (χ0) is 15.2. The molecule has 0 aliphatic carbocycles. The molecule has 4 heteroatoms. The number of benzene rings is 1. The van der Waals surface area contributed by atoms with Gasteiger partial charge in [0.2, 0.25) is 0 Å². The predicted molar refractivity (Wildman–Crippen MR) is 85.9 cm³/mol. The molecular formula is C18H27NO3. The molecule has 0 spiro atoms. The van der Waals surface area contributed by atoms with Crippen molar-refractivity contribution < 1.29 is 14.2 Å². The second-order valence-electron chi connectivity index (χ2n) is 6.18. The highest BCUT2D eigenvalue weighted by molar-refractivity contribution is 5.28. The molecule has 2 aliphatic rings. The van der Waals surface area contributed by atoms with Gasteiger partial charge in [-0.1, -0.05) is 24.3 Å². The fourth-order valence-electron chi connectivity index (χ4n) is 3.20. The van der Waals surface area contributed by atoms with E-state index in [9.17, 15) is 0 Å². The van der Waals surface area contributed by atoms with Gasteiger partial charge in [0.15, 0.2) is 6.29 Å². The van der Waals surface area contributed by atoms with Crippen molar-refractivity contribution in [3.8, 4) is 0 Å². The number of nitrogens with zero attached hydrogens (tertiary/aromatic N) is 1. The monoisotopic (exact) mass is 305 g/mol. The lowest BCUT2D eigenvalue weighted by Crippen LogP contribution is -2.40. The van der Waals surface area contributed by atoms with E-state index in [-0.39, 0.29) is 12.4 Å².